The van der Waals surface area contributed by atoms with Crippen molar-refractivity contribution in [1.82, 2.24) is 0 Å². The van der Waals surface area contributed by atoms with Crippen LogP contribution in [-0.4, -0.2) is 6.61 Å². The molecule has 3 heteroatoms. The first-order chi connectivity index (χ1) is 9.74. The molecule has 3 rings (SSSR count). The zero-order valence-electron chi connectivity index (χ0n) is 10.6. The average molecular weight is 270 g/mol. The van der Waals surface area contributed by atoms with Crippen molar-refractivity contribution in [1.29, 1.82) is 0 Å². The summed E-state index contributed by atoms with van der Waals surface area (Å²) in [5, 5.41) is 2.18. The molecule has 0 unspecified atom stereocenters. The lowest BCUT2D eigenvalue weighted by Crippen LogP contribution is -2.02. The molecule has 3 aromatic carbocycles. The summed E-state index contributed by atoms with van der Waals surface area (Å²) >= 11 is 0. The van der Waals surface area contributed by atoms with Gasteiger partial charge in [-0.15, -0.1) is 0 Å². The van der Waals surface area contributed by atoms with Gasteiger partial charge in [0.25, 0.3) is 0 Å². The molecule has 0 N–H and O–H groups in total. The largest absolute Gasteiger partial charge is 0.434 e. The fourth-order valence-corrected chi connectivity index (χ4v) is 2.26. The highest BCUT2D eigenvalue weighted by Gasteiger charge is 2.10. The van der Waals surface area contributed by atoms with Gasteiger partial charge in [-0.3, -0.25) is 0 Å². The van der Waals surface area contributed by atoms with Gasteiger partial charge in [0.2, 0.25) is 0 Å². The Kier molecular flexibility index (Phi) is 3.33. The first kappa shape index (κ1) is 12.6. The summed E-state index contributed by atoms with van der Waals surface area (Å²) in [6, 6.07) is 20.6. The minimum Gasteiger partial charge on any atom is -0.434 e. The van der Waals surface area contributed by atoms with Gasteiger partial charge in [-0.25, -0.2) is 0 Å². The van der Waals surface area contributed by atoms with Gasteiger partial charge >= 0.3 is 6.61 Å². The second kappa shape index (κ2) is 5.29. The van der Waals surface area contributed by atoms with Crippen LogP contribution in [0.4, 0.5) is 8.78 Å². The van der Waals surface area contributed by atoms with Crippen molar-refractivity contribution >= 4 is 10.8 Å². The lowest BCUT2D eigenvalue weighted by molar-refractivity contribution is -0.0494. The highest BCUT2D eigenvalue weighted by atomic mass is 19.3. The zero-order chi connectivity index (χ0) is 13.9. The molecule has 0 bridgehead atoms. The van der Waals surface area contributed by atoms with Gasteiger partial charge < -0.3 is 4.74 Å². The lowest BCUT2D eigenvalue weighted by Gasteiger charge is -2.11. The third-order valence-electron chi connectivity index (χ3n) is 3.16. The molecule has 0 radical (unpaired) electrons. The first-order valence-corrected chi connectivity index (χ1v) is 6.27. The van der Waals surface area contributed by atoms with Crippen molar-refractivity contribution in [3.63, 3.8) is 0 Å². The highest BCUT2D eigenvalue weighted by molar-refractivity contribution is 5.88. The number of halogens is 2. The minimum atomic E-state index is -2.82. The van der Waals surface area contributed by atoms with Crippen LogP contribution in [0.3, 0.4) is 0 Å². The van der Waals surface area contributed by atoms with Crippen LogP contribution < -0.4 is 4.74 Å². The van der Waals surface area contributed by atoms with Gasteiger partial charge in [0.05, 0.1) is 0 Å². The van der Waals surface area contributed by atoms with E-state index in [9.17, 15) is 8.78 Å². The first-order valence-electron chi connectivity index (χ1n) is 6.27. The van der Waals surface area contributed by atoms with Gasteiger partial charge in [-0.2, -0.15) is 8.78 Å². The van der Waals surface area contributed by atoms with Gasteiger partial charge in [-0.1, -0.05) is 54.6 Å². The van der Waals surface area contributed by atoms with Gasteiger partial charge in [0.15, 0.2) is 0 Å². The molecule has 20 heavy (non-hydrogen) atoms. The van der Waals surface area contributed by atoms with E-state index in [-0.39, 0.29) is 5.75 Å². The Balaban J connectivity index is 2.10. The Morgan fingerprint density at radius 2 is 1.45 bits per heavy atom. The van der Waals surface area contributed by atoms with Crippen molar-refractivity contribution in [2.24, 2.45) is 0 Å². The van der Waals surface area contributed by atoms with Gasteiger partial charge in [0, 0.05) is 5.56 Å². The van der Waals surface area contributed by atoms with Crippen molar-refractivity contribution in [3.8, 4) is 16.9 Å². The summed E-state index contributed by atoms with van der Waals surface area (Å²) in [6.45, 7) is -2.82. The maximum Gasteiger partial charge on any atom is 0.387 e. The Hall–Kier alpha value is -2.42. The van der Waals surface area contributed by atoms with Crippen LogP contribution in [0.15, 0.2) is 66.7 Å². The van der Waals surface area contributed by atoms with E-state index in [2.05, 4.69) is 4.74 Å². The molecule has 0 aromatic heterocycles. The quantitative estimate of drug-likeness (QED) is 0.642. The standard InChI is InChI=1S/C17H12F2O/c18-17(19)20-16-8-4-3-7-15(16)14-10-9-12-5-1-2-6-13(12)11-14/h1-11,17H. The second-order valence-corrected chi connectivity index (χ2v) is 4.44. The molecule has 3 aromatic rings. The molecule has 0 amide bonds. The summed E-state index contributed by atoms with van der Waals surface area (Å²) in [6.07, 6.45) is 0. The Morgan fingerprint density at radius 3 is 2.25 bits per heavy atom. The van der Waals surface area contributed by atoms with Crippen LogP contribution in [-0.2, 0) is 0 Å². The average Bonchev–Trinajstić information content (AvgIpc) is 2.47. The molecule has 0 spiro atoms. The van der Waals surface area contributed by atoms with Crippen LogP contribution in [0.25, 0.3) is 21.9 Å². The van der Waals surface area contributed by atoms with Gasteiger partial charge in [0.1, 0.15) is 5.75 Å². The number of rotatable bonds is 3. The number of ether oxygens (including phenoxy) is 1. The third kappa shape index (κ3) is 2.48. The van der Waals surface area contributed by atoms with Crippen LogP contribution in [0.2, 0.25) is 0 Å². The summed E-state index contributed by atoms with van der Waals surface area (Å²) < 4.78 is 29.5. The van der Waals surface area contributed by atoms with Crippen molar-refractivity contribution < 1.29 is 13.5 Å². The lowest BCUT2D eigenvalue weighted by atomic mass is 10.0. The summed E-state index contributed by atoms with van der Waals surface area (Å²) in [4.78, 5) is 0. The Morgan fingerprint density at radius 1 is 0.750 bits per heavy atom. The molecular weight excluding hydrogens is 258 g/mol. The summed E-state index contributed by atoms with van der Waals surface area (Å²) in [7, 11) is 0. The number of para-hydroxylation sites is 1. The fourth-order valence-electron chi connectivity index (χ4n) is 2.26. The molecule has 0 aliphatic heterocycles. The molecule has 1 nitrogen and oxygen atoms in total. The summed E-state index contributed by atoms with van der Waals surface area (Å²) in [5.74, 6) is 0.192. The van der Waals surface area contributed by atoms with Crippen molar-refractivity contribution in [2.45, 2.75) is 6.61 Å². The van der Waals surface area contributed by atoms with E-state index in [0.29, 0.717) is 5.56 Å². The smallest absolute Gasteiger partial charge is 0.387 e. The van der Waals surface area contributed by atoms with E-state index in [1.165, 1.54) is 0 Å². The molecule has 0 aliphatic rings. The van der Waals surface area contributed by atoms with Crippen molar-refractivity contribution in [3.05, 3.63) is 66.7 Å². The van der Waals surface area contributed by atoms with Gasteiger partial charge in [-0.05, 0) is 28.5 Å². The number of alkyl halides is 2. The molecule has 0 saturated carbocycles. The maximum absolute atomic E-state index is 12.4. The molecule has 0 fully saturated rings. The number of hydrogen-bond donors (Lipinski definition) is 0. The van der Waals surface area contributed by atoms with Crippen LogP contribution >= 0.6 is 0 Å². The molecule has 100 valence electrons. The van der Waals surface area contributed by atoms with Crippen LogP contribution in [0.5, 0.6) is 5.75 Å². The fraction of sp³-hybridized carbons (Fsp3) is 0.0588. The molecule has 0 aliphatic carbocycles. The monoisotopic (exact) mass is 270 g/mol. The molecule has 0 atom stereocenters. The SMILES string of the molecule is FC(F)Oc1ccccc1-c1ccc2ccccc2c1. The Labute approximate surface area is 115 Å². The Bertz CT molecular complexity index is 738. The van der Waals surface area contributed by atoms with Crippen LogP contribution in [0, 0.1) is 0 Å². The normalized spacial score (nSPS) is 10.9. The van der Waals surface area contributed by atoms with E-state index in [0.717, 1.165) is 16.3 Å². The highest BCUT2D eigenvalue weighted by Crippen LogP contribution is 2.32. The van der Waals surface area contributed by atoms with Crippen LogP contribution in [0.1, 0.15) is 0 Å². The number of hydrogen-bond acceptors (Lipinski definition) is 1. The topological polar surface area (TPSA) is 9.23 Å². The van der Waals surface area contributed by atoms with E-state index in [1.807, 2.05) is 48.5 Å². The van der Waals surface area contributed by atoms with E-state index in [4.69, 9.17) is 0 Å². The molecular formula is C17H12F2O. The minimum absolute atomic E-state index is 0.192. The molecule has 0 saturated heterocycles. The van der Waals surface area contributed by atoms with E-state index >= 15 is 0 Å². The number of fused-ring (bicyclic) bond motifs is 1. The summed E-state index contributed by atoms with van der Waals surface area (Å²) in [5.41, 5.74) is 1.53. The number of benzene rings is 3. The molecule has 0 heterocycles. The van der Waals surface area contributed by atoms with Crippen molar-refractivity contribution in [2.75, 3.05) is 0 Å². The van der Waals surface area contributed by atoms with E-state index in [1.54, 1.807) is 18.2 Å². The van der Waals surface area contributed by atoms with E-state index < -0.39 is 6.61 Å². The predicted octanol–water partition coefficient (Wildman–Crippen LogP) is 5.11. The zero-order valence-corrected chi connectivity index (χ0v) is 10.6. The third-order valence-corrected chi connectivity index (χ3v) is 3.16. The predicted molar refractivity (Wildman–Crippen MR) is 76.0 cm³/mol. The second-order valence-electron chi connectivity index (χ2n) is 4.44. The maximum atomic E-state index is 12.4.